The van der Waals surface area contributed by atoms with E-state index in [0.29, 0.717) is 12.3 Å². The first kappa shape index (κ1) is 75.4. The van der Waals surface area contributed by atoms with E-state index in [2.05, 4.69) is 72.3 Å². The van der Waals surface area contributed by atoms with Crippen LogP contribution < -0.4 is 87.2 Å². The standard InChI is InChI=1S/C56H106N16O13/c1-7-32(4)13-11-12-16-44(75)63-36(17-23-57)51(80)72-46(34(6)74)56(85)68-39(20-26-60)48(77)67-41-22-28-62-55(84)45(33(5)73)71-52(81)40(21-27-61)65-47(76)37(18-24-58)66-53(82)42(29-31(2)3)69-54(83)43(30-35-14-9-8-10-15-35)70-49(78)38(19-25-59)64-50(41)79/h31-43,45-46,55,62,73-74,84H,7-30,57-61H2,1-6H3,(H,63,75)(H,64,79)(H,65,76)(H,66,82)(H,67,77)(H,68,85)(H,69,83)(H,70,78)(H,71,81)(H,72,80)/t32?,33?,34?,36-,37-,38-,39-,40-,41-,42-,43+,45-,46-,55?/m0/s1. The van der Waals surface area contributed by atoms with Crippen LogP contribution in [0.5, 0.6) is 0 Å². The number of aliphatic hydroxyl groups excluding tert-OH is 3. The van der Waals surface area contributed by atoms with E-state index in [1.165, 1.54) is 13.8 Å². The summed E-state index contributed by atoms with van der Waals surface area (Å²) in [6, 6.07) is -14.0. The van der Waals surface area contributed by atoms with Gasteiger partial charge in [0.05, 0.1) is 18.2 Å². The van der Waals surface area contributed by atoms with E-state index in [9.17, 15) is 63.3 Å². The number of aliphatic hydroxyl groups is 3. The molecule has 0 radical (unpaired) electrons. The van der Waals surface area contributed by atoms with Crippen molar-refractivity contribution in [3.05, 3.63) is 0 Å². The summed E-state index contributed by atoms with van der Waals surface area (Å²) in [5.41, 5.74) is 29.5. The van der Waals surface area contributed by atoms with E-state index in [1.807, 2.05) is 13.8 Å². The number of nitrogens with two attached hydrogens (primary N) is 5. The first-order chi connectivity index (χ1) is 40.3. The molecule has 14 atom stereocenters. The van der Waals surface area contributed by atoms with Gasteiger partial charge in [-0.3, -0.25) is 53.3 Å². The molecule has 0 aromatic rings. The molecule has 85 heavy (non-hydrogen) atoms. The first-order valence-electron chi connectivity index (χ1n) is 30.6. The first-order valence-corrected chi connectivity index (χ1v) is 30.6. The molecule has 24 N–H and O–H groups in total. The molecule has 4 unspecified atom stereocenters. The summed E-state index contributed by atoms with van der Waals surface area (Å²) >= 11 is 0. The van der Waals surface area contributed by atoms with Gasteiger partial charge in [0.2, 0.25) is 59.1 Å². The van der Waals surface area contributed by atoms with Gasteiger partial charge in [-0.1, -0.05) is 79.1 Å². The summed E-state index contributed by atoms with van der Waals surface area (Å²) in [5, 5.41) is 62.0. The van der Waals surface area contributed by atoms with Gasteiger partial charge in [0.25, 0.3) is 0 Å². The lowest BCUT2D eigenvalue weighted by Crippen LogP contribution is -2.62. The van der Waals surface area contributed by atoms with Crippen molar-refractivity contribution in [3.63, 3.8) is 0 Å². The largest absolute Gasteiger partial charge is 0.391 e. The Hall–Kier alpha value is -5.66. The van der Waals surface area contributed by atoms with Crippen molar-refractivity contribution >= 4 is 59.1 Å². The Balaban J connectivity index is 2.66. The summed E-state index contributed by atoms with van der Waals surface area (Å²) in [6.07, 6.45) is 2.21. The van der Waals surface area contributed by atoms with Crippen LogP contribution in [0.1, 0.15) is 157 Å². The molecule has 10 amide bonds. The van der Waals surface area contributed by atoms with Crippen LogP contribution in [0, 0.1) is 17.8 Å². The van der Waals surface area contributed by atoms with Crippen molar-refractivity contribution in [3.8, 4) is 0 Å². The van der Waals surface area contributed by atoms with Gasteiger partial charge in [0.15, 0.2) is 0 Å². The number of carbonyl (C=O) groups is 10. The second-order valence-corrected chi connectivity index (χ2v) is 23.3. The summed E-state index contributed by atoms with van der Waals surface area (Å²) in [4.78, 5) is 140. The number of nitrogens with one attached hydrogen (secondary N) is 11. The van der Waals surface area contributed by atoms with Crippen LogP contribution in [0.3, 0.4) is 0 Å². The molecule has 0 bridgehead atoms. The minimum atomic E-state index is -1.77. The normalized spacial score (nSPS) is 25.2. The van der Waals surface area contributed by atoms with Gasteiger partial charge in [-0.2, -0.15) is 0 Å². The van der Waals surface area contributed by atoms with Gasteiger partial charge in [-0.25, -0.2) is 0 Å². The van der Waals surface area contributed by atoms with E-state index in [-0.39, 0.29) is 109 Å². The minimum Gasteiger partial charge on any atom is -0.391 e. The highest BCUT2D eigenvalue weighted by Gasteiger charge is 2.38. The minimum absolute atomic E-state index is 0.00517. The van der Waals surface area contributed by atoms with Crippen molar-refractivity contribution < 1.29 is 63.3 Å². The Morgan fingerprint density at radius 1 is 0.565 bits per heavy atom. The van der Waals surface area contributed by atoms with Crippen molar-refractivity contribution in [2.24, 2.45) is 46.4 Å². The fraction of sp³-hybridized carbons (Fsp3) is 0.821. The predicted molar refractivity (Wildman–Crippen MR) is 318 cm³/mol. The molecular weight excluding hydrogens is 1100 g/mol. The molecule has 1 saturated carbocycles. The lowest BCUT2D eigenvalue weighted by atomic mass is 9.84. The van der Waals surface area contributed by atoms with Crippen molar-refractivity contribution in [1.82, 2.24) is 58.5 Å². The van der Waals surface area contributed by atoms with Crippen LogP contribution in [-0.2, 0) is 47.9 Å². The highest BCUT2D eigenvalue weighted by Crippen LogP contribution is 2.28. The van der Waals surface area contributed by atoms with Gasteiger partial charge >= 0.3 is 0 Å². The van der Waals surface area contributed by atoms with Gasteiger partial charge in [-0.15, -0.1) is 0 Å². The third-order valence-corrected chi connectivity index (χ3v) is 15.4. The molecule has 2 rings (SSSR count). The molecule has 0 spiro atoms. The molecule has 1 aliphatic carbocycles. The molecule has 488 valence electrons. The maximum atomic E-state index is 14.6. The van der Waals surface area contributed by atoms with Crippen LogP contribution in [0.2, 0.25) is 0 Å². The van der Waals surface area contributed by atoms with Crippen molar-refractivity contribution in [2.75, 3.05) is 39.3 Å². The predicted octanol–water partition coefficient (Wildman–Crippen LogP) is -4.73. The molecular formula is C56H106N16O13. The molecule has 0 aromatic carbocycles. The maximum absolute atomic E-state index is 14.6. The van der Waals surface area contributed by atoms with E-state index < -0.39 is 138 Å². The van der Waals surface area contributed by atoms with Crippen LogP contribution >= 0.6 is 0 Å². The SMILES string of the molecule is CCC(C)CCCCC(=O)N[C@@H](CCN)C(=O)N[C@H](C(=O)N[C@@H](CCN)C(=O)N[C@H]1CCNC(O)[C@H](C(C)O)NC(=O)[C@H](CCN)NC(=O)[C@H](CCN)NC(=O)[C@H](CC(C)C)NC(=O)[C@@H](CC2CCCCC2)NC(=O)[C@H](CCN)NC1=O)C(C)O. The lowest BCUT2D eigenvalue weighted by molar-refractivity contribution is -0.137. The van der Waals surface area contributed by atoms with Crippen LogP contribution in [0.15, 0.2) is 0 Å². The van der Waals surface area contributed by atoms with E-state index in [1.54, 1.807) is 0 Å². The molecule has 2 fully saturated rings. The van der Waals surface area contributed by atoms with Crippen molar-refractivity contribution in [1.29, 1.82) is 0 Å². The zero-order chi connectivity index (χ0) is 63.8. The van der Waals surface area contributed by atoms with E-state index in [0.717, 1.165) is 51.4 Å². The fourth-order valence-corrected chi connectivity index (χ4v) is 10.2. The van der Waals surface area contributed by atoms with Crippen LogP contribution in [-0.4, -0.2) is 193 Å². The zero-order valence-electron chi connectivity index (χ0n) is 51.0. The molecule has 1 aliphatic heterocycles. The van der Waals surface area contributed by atoms with Gasteiger partial charge in [0, 0.05) is 13.0 Å². The van der Waals surface area contributed by atoms with Gasteiger partial charge in [0.1, 0.15) is 60.6 Å². The van der Waals surface area contributed by atoms with Crippen molar-refractivity contribution in [2.45, 2.75) is 236 Å². The van der Waals surface area contributed by atoms with Gasteiger partial charge in [-0.05, 0) is 122 Å². The number of amides is 10. The number of hydrogen-bond acceptors (Lipinski definition) is 19. The third kappa shape index (κ3) is 27.7. The number of hydrogen-bond donors (Lipinski definition) is 19. The quantitative estimate of drug-likeness (QED) is 0.0313. The fourth-order valence-electron chi connectivity index (χ4n) is 10.2. The van der Waals surface area contributed by atoms with Crippen LogP contribution in [0.4, 0.5) is 0 Å². The summed E-state index contributed by atoms with van der Waals surface area (Å²) in [7, 11) is 0. The maximum Gasteiger partial charge on any atom is 0.245 e. The second kappa shape index (κ2) is 40.7. The average molecular weight is 1210 g/mol. The Kier molecular flexibility index (Phi) is 36.1. The smallest absolute Gasteiger partial charge is 0.245 e. The number of carbonyl (C=O) groups excluding carboxylic acids is 10. The molecule has 29 nitrogen and oxygen atoms in total. The van der Waals surface area contributed by atoms with E-state index >= 15 is 0 Å². The van der Waals surface area contributed by atoms with Gasteiger partial charge < -0.3 is 97.2 Å². The Labute approximate surface area is 501 Å². The topological polar surface area (TPSA) is 494 Å². The summed E-state index contributed by atoms with van der Waals surface area (Å²) in [6.45, 7) is 9.42. The monoisotopic (exact) mass is 1210 g/mol. The summed E-state index contributed by atoms with van der Waals surface area (Å²) in [5.74, 6) is -7.92. The van der Waals surface area contributed by atoms with Crippen LogP contribution in [0.25, 0.3) is 0 Å². The second-order valence-electron chi connectivity index (χ2n) is 23.3. The third-order valence-electron chi connectivity index (χ3n) is 15.4. The molecule has 29 heteroatoms. The van der Waals surface area contributed by atoms with E-state index in [4.69, 9.17) is 28.7 Å². The average Bonchev–Trinajstić information content (AvgIpc) is 3.67. The molecule has 2 aliphatic rings. The highest BCUT2D eigenvalue weighted by atomic mass is 16.3. The Morgan fingerprint density at radius 2 is 1.06 bits per heavy atom. The molecule has 1 heterocycles. The Bertz CT molecular complexity index is 2100. The summed E-state index contributed by atoms with van der Waals surface area (Å²) < 4.78 is 0. The number of rotatable bonds is 29. The molecule has 1 saturated heterocycles. The Morgan fingerprint density at radius 3 is 1.56 bits per heavy atom. The number of unbranched alkanes of at least 4 members (excludes halogenated alkanes) is 1. The zero-order valence-corrected chi connectivity index (χ0v) is 51.0. The highest BCUT2D eigenvalue weighted by molar-refractivity contribution is 5.98. The molecule has 0 aromatic heterocycles. The lowest BCUT2D eigenvalue weighted by Gasteiger charge is -2.30.